The summed E-state index contributed by atoms with van der Waals surface area (Å²) in [5.41, 5.74) is 7.56. The van der Waals surface area contributed by atoms with Crippen molar-refractivity contribution in [2.45, 2.75) is 13.5 Å². The first kappa shape index (κ1) is 18.0. The molecule has 0 saturated carbocycles. The molecule has 7 nitrogen and oxygen atoms in total. The number of guanidine groups is 1. The van der Waals surface area contributed by atoms with Gasteiger partial charge in [0.25, 0.3) is 0 Å². The molecule has 0 spiro atoms. The largest absolute Gasteiger partial charge is 0.481 e. The molecule has 1 aromatic rings. The maximum atomic E-state index is 5.73. The molecular weight excluding hydrogens is 361 g/mol. The number of nitrogens with zero attached hydrogens (tertiary/aromatic N) is 3. The van der Waals surface area contributed by atoms with Crippen molar-refractivity contribution in [3.63, 3.8) is 0 Å². The van der Waals surface area contributed by atoms with E-state index < -0.39 is 0 Å². The number of nitrogens with one attached hydrogen (secondary N) is 1. The van der Waals surface area contributed by atoms with Crippen LogP contribution in [-0.4, -0.2) is 43.1 Å². The zero-order valence-electron chi connectivity index (χ0n) is 11.8. The molecule has 0 aliphatic heterocycles. The highest BCUT2D eigenvalue weighted by atomic mass is 127. The van der Waals surface area contributed by atoms with Gasteiger partial charge in [0.2, 0.25) is 5.88 Å². The number of aryl methyl sites for hydroxylation is 2. The van der Waals surface area contributed by atoms with Crippen molar-refractivity contribution in [3.05, 3.63) is 11.3 Å². The Labute approximate surface area is 130 Å². The van der Waals surface area contributed by atoms with E-state index in [1.807, 2.05) is 14.0 Å². The zero-order chi connectivity index (χ0) is 13.5. The topological polar surface area (TPSA) is 86.7 Å². The van der Waals surface area contributed by atoms with Gasteiger partial charge in [0.1, 0.15) is 0 Å². The SMILES string of the molecule is COCCNC(N)=NCc1c(C)nn(C)c1OC.I. The van der Waals surface area contributed by atoms with Crippen LogP contribution < -0.4 is 15.8 Å². The lowest BCUT2D eigenvalue weighted by molar-refractivity contribution is 0.204. The quantitative estimate of drug-likeness (QED) is 0.322. The highest BCUT2D eigenvalue weighted by Gasteiger charge is 2.12. The second-order valence-corrected chi connectivity index (χ2v) is 3.82. The van der Waals surface area contributed by atoms with E-state index in [1.54, 1.807) is 18.9 Å². The van der Waals surface area contributed by atoms with Crippen molar-refractivity contribution in [1.82, 2.24) is 15.1 Å². The molecule has 0 aliphatic carbocycles. The summed E-state index contributed by atoms with van der Waals surface area (Å²) in [6.07, 6.45) is 0. The fourth-order valence-corrected chi connectivity index (χ4v) is 1.62. The van der Waals surface area contributed by atoms with E-state index in [2.05, 4.69) is 15.4 Å². The summed E-state index contributed by atoms with van der Waals surface area (Å²) < 4.78 is 11.9. The van der Waals surface area contributed by atoms with Crippen molar-refractivity contribution in [2.75, 3.05) is 27.4 Å². The summed E-state index contributed by atoms with van der Waals surface area (Å²) in [4.78, 5) is 4.24. The van der Waals surface area contributed by atoms with E-state index in [-0.39, 0.29) is 24.0 Å². The lowest BCUT2D eigenvalue weighted by atomic mass is 10.2. The molecule has 0 fully saturated rings. The molecule has 0 bridgehead atoms. The van der Waals surface area contributed by atoms with Gasteiger partial charge >= 0.3 is 0 Å². The Bertz CT molecular complexity index is 419. The second kappa shape index (κ2) is 8.97. The van der Waals surface area contributed by atoms with Crippen molar-refractivity contribution < 1.29 is 9.47 Å². The van der Waals surface area contributed by atoms with Gasteiger partial charge < -0.3 is 20.5 Å². The molecule has 0 radical (unpaired) electrons. The molecular formula is C11H22IN5O2. The van der Waals surface area contributed by atoms with Crippen LogP contribution in [0.3, 0.4) is 0 Å². The minimum Gasteiger partial charge on any atom is -0.481 e. The number of hydrogen-bond acceptors (Lipinski definition) is 4. The minimum atomic E-state index is 0. The van der Waals surface area contributed by atoms with Crippen LogP contribution in [0.2, 0.25) is 0 Å². The van der Waals surface area contributed by atoms with E-state index in [9.17, 15) is 0 Å². The zero-order valence-corrected chi connectivity index (χ0v) is 14.1. The Hall–Kier alpha value is -1.03. The normalized spacial score (nSPS) is 11.1. The fourth-order valence-electron chi connectivity index (χ4n) is 1.62. The highest BCUT2D eigenvalue weighted by molar-refractivity contribution is 14.0. The van der Waals surface area contributed by atoms with E-state index in [4.69, 9.17) is 15.2 Å². The van der Waals surface area contributed by atoms with Gasteiger partial charge in [-0.15, -0.1) is 24.0 Å². The first-order valence-electron chi connectivity index (χ1n) is 5.69. The molecule has 1 heterocycles. The number of methoxy groups -OCH3 is 2. The predicted molar refractivity (Wildman–Crippen MR) is 85.1 cm³/mol. The summed E-state index contributed by atoms with van der Waals surface area (Å²) in [6, 6.07) is 0. The van der Waals surface area contributed by atoms with Crippen LogP contribution in [0.25, 0.3) is 0 Å². The summed E-state index contributed by atoms with van der Waals surface area (Å²) in [6.45, 7) is 3.58. The molecule has 0 amide bonds. The second-order valence-electron chi connectivity index (χ2n) is 3.82. The summed E-state index contributed by atoms with van der Waals surface area (Å²) >= 11 is 0. The Morgan fingerprint density at radius 1 is 1.47 bits per heavy atom. The lowest BCUT2D eigenvalue weighted by Crippen LogP contribution is -2.34. The molecule has 0 unspecified atom stereocenters. The molecule has 0 atom stereocenters. The van der Waals surface area contributed by atoms with Crippen LogP contribution in [0.15, 0.2) is 4.99 Å². The number of nitrogens with two attached hydrogens (primary N) is 1. The Balaban J connectivity index is 0.00000324. The maximum absolute atomic E-state index is 5.73. The van der Waals surface area contributed by atoms with E-state index in [0.29, 0.717) is 31.5 Å². The van der Waals surface area contributed by atoms with E-state index in [0.717, 1.165) is 11.3 Å². The van der Waals surface area contributed by atoms with E-state index >= 15 is 0 Å². The summed E-state index contributed by atoms with van der Waals surface area (Å²) in [5, 5.41) is 7.23. The molecule has 0 aromatic carbocycles. The van der Waals surface area contributed by atoms with Crippen molar-refractivity contribution in [1.29, 1.82) is 0 Å². The molecule has 1 aromatic heterocycles. The van der Waals surface area contributed by atoms with Crippen molar-refractivity contribution in [3.8, 4) is 5.88 Å². The van der Waals surface area contributed by atoms with Crippen LogP contribution in [0.4, 0.5) is 0 Å². The predicted octanol–water partition coefficient (Wildman–Crippen LogP) is 0.406. The Kier molecular flexibility index (Phi) is 8.48. The van der Waals surface area contributed by atoms with Crippen LogP contribution >= 0.6 is 24.0 Å². The van der Waals surface area contributed by atoms with Crippen LogP contribution in [0.1, 0.15) is 11.3 Å². The van der Waals surface area contributed by atoms with Gasteiger partial charge in [-0.05, 0) is 6.92 Å². The molecule has 3 N–H and O–H groups in total. The van der Waals surface area contributed by atoms with Crippen molar-refractivity contribution >= 4 is 29.9 Å². The van der Waals surface area contributed by atoms with Crippen LogP contribution in [0.5, 0.6) is 5.88 Å². The smallest absolute Gasteiger partial charge is 0.216 e. The van der Waals surface area contributed by atoms with Crippen LogP contribution in [-0.2, 0) is 18.3 Å². The maximum Gasteiger partial charge on any atom is 0.216 e. The minimum absolute atomic E-state index is 0. The molecule has 0 saturated heterocycles. The molecule has 19 heavy (non-hydrogen) atoms. The first-order chi connectivity index (χ1) is 8.60. The lowest BCUT2D eigenvalue weighted by Gasteiger charge is -2.05. The number of hydrogen-bond donors (Lipinski definition) is 2. The van der Waals surface area contributed by atoms with Crippen LogP contribution in [0, 0.1) is 6.92 Å². The van der Waals surface area contributed by atoms with Gasteiger partial charge in [-0.2, -0.15) is 5.10 Å². The van der Waals surface area contributed by atoms with Gasteiger partial charge in [0.05, 0.1) is 31.5 Å². The molecule has 8 heteroatoms. The first-order valence-corrected chi connectivity index (χ1v) is 5.69. The number of halogens is 1. The number of rotatable bonds is 6. The van der Waals surface area contributed by atoms with Gasteiger partial charge in [0, 0.05) is 20.7 Å². The number of ether oxygens (including phenoxy) is 2. The fraction of sp³-hybridized carbons (Fsp3) is 0.636. The monoisotopic (exact) mass is 383 g/mol. The van der Waals surface area contributed by atoms with E-state index in [1.165, 1.54) is 0 Å². The Morgan fingerprint density at radius 2 is 2.16 bits per heavy atom. The van der Waals surface area contributed by atoms with Gasteiger partial charge in [-0.1, -0.05) is 0 Å². The average molecular weight is 383 g/mol. The third-order valence-electron chi connectivity index (χ3n) is 2.50. The Morgan fingerprint density at radius 3 is 2.74 bits per heavy atom. The summed E-state index contributed by atoms with van der Waals surface area (Å²) in [7, 11) is 5.09. The third kappa shape index (κ3) is 5.23. The van der Waals surface area contributed by atoms with Gasteiger partial charge in [-0.3, -0.25) is 0 Å². The number of aliphatic imine (C=N–C) groups is 1. The standard InChI is InChI=1S/C11H21N5O2.HI/c1-8-9(10(18-4)16(2)15-8)7-14-11(12)13-5-6-17-3;/h5-7H2,1-4H3,(H3,12,13,14);1H. The average Bonchev–Trinajstić information content (AvgIpc) is 2.61. The third-order valence-corrected chi connectivity index (χ3v) is 2.50. The van der Waals surface area contributed by atoms with Gasteiger partial charge in [-0.25, -0.2) is 9.67 Å². The summed E-state index contributed by atoms with van der Waals surface area (Å²) in [5.74, 6) is 1.10. The highest BCUT2D eigenvalue weighted by Crippen LogP contribution is 2.21. The van der Waals surface area contributed by atoms with Crippen molar-refractivity contribution in [2.24, 2.45) is 17.8 Å². The van der Waals surface area contributed by atoms with Gasteiger partial charge in [0.15, 0.2) is 5.96 Å². The molecule has 1 rings (SSSR count). The molecule has 110 valence electrons. The number of aromatic nitrogens is 2. The molecule has 0 aliphatic rings.